The van der Waals surface area contributed by atoms with Crippen molar-refractivity contribution in [1.82, 2.24) is 0 Å². The lowest BCUT2D eigenvalue weighted by Crippen LogP contribution is -1.91. The number of hydrogen-bond acceptors (Lipinski definition) is 2. The van der Waals surface area contributed by atoms with E-state index in [1.54, 1.807) is 12.1 Å². The summed E-state index contributed by atoms with van der Waals surface area (Å²) < 4.78 is 0.821. The summed E-state index contributed by atoms with van der Waals surface area (Å²) in [7, 11) is 0. The van der Waals surface area contributed by atoms with Crippen molar-refractivity contribution < 1.29 is 4.92 Å². The number of nitro groups is 1. The summed E-state index contributed by atoms with van der Waals surface area (Å²) in [4.78, 5) is 10.1. The molecule has 0 amide bonds. The van der Waals surface area contributed by atoms with Gasteiger partial charge in [0.1, 0.15) is 0 Å². The number of rotatable bonds is 1. The van der Waals surface area contributed by atoms with Crippen molar-refractivity contribution in [3.63, 3.8) is 0 Å². The second-order valence-electron chi connectivity index (χ2n) is 2.86. The fourth-order valence-corrected chi connectivity index (χ4v) is 2.04. The second-order valence-corrected chi connectivity index (χ2v) is 3.71. The lowest BCUT2D eigenvalue weighted by Gasteiger charge is -2.01. The van der Waals surface area contributed by atoms with E-state index in [1.165, 1.54) is 0 Å². The Labute approximate surface area is 83.4 Å². The molecular formula is C9H6BrNO2. The number of non-ortho nitro benzene ring substituents is 1. The van der Waals surface area contributed by atoms with E-state index in [2.05, 4.69) is 15.9 Å². The highest BCUT2D eigenvalue weighted by atomic mass is 79.9. The quantitative estimate of drug-likeness (QED) is 0.559. The van der Waals surface area contributed by atoms with Crippen LogP contribution in [0.2, 0.25) is 0 Å². The van der Waals surface area contributed by atoms with Crippen LogP contribution in [-0.2, 0) is 6.42 Å². The smallest absolute Gasteiger partial charge is 0.258 e. The Morgan fingerprint density at radius 1 is 1.46 bits per heavy atom. The van der Waals surface area contributed by atoms with E-state index in [0.29, 0.717) is 0 Å². The van der Waals surface area contributed by atoms with Crippen molar-refractivity contribution in [3.8, 4) is 0 Å². The molecule has 1 aliphatic carbocycles. The van der Waals surface area contributed by atoms with Gasteiger partial charge in [0.2, 0.25) is 0 Å². The highest BCUT2D eigenvalue weighted by Gasteiger charge is 2.15. The van der Waals surface area contributed by atoms with Crippen molar-refractivity contribution in [3.05, 3.63) is 43.9 Å². The molecule has 0 saturated carbocycles. The van der Waals surface area contributed by atoms with Gasteiger partial charge in [-0.2, -0.15) is 0 Å². The fourth-order valence-electron chi connectivity index (χ4n) is 1.42. The van der Waals surface area contributed by atoms with E-state index in [9.17, 15) is 10.1 Å². The third-order valence-corrected chi connectivity index (χ3v) is 2.75. The third-order valence-electron chi connectivity index (χ3n) is 2.04. The molecule has 1 aliphatic rings. The first-order chi connectivity index (χ1) is 6.18. The maximum atomic E-state index is 10.5. The van der Waals surface area contributed by atoms with Gasteiger partial charge in [-0.15, -0.1) is 0 Å². The maximum Gasteiger partial charge on any atom is 0.271 e. The van der Waals surface area contributed by atoms with Crippen molar-refractivity contribution in [1.29, 1.82) is 0 Å². The number of halogens is 1. The second kappa shape index (κ2) is 2.96. The third kappa shape index (κ3) is 1.37. The van der Waals surface area contributed by atoms with Gasteiger partial charge in [0.05, 0.1) is 4.92 Å². The first-order valence-electron chi connectivity index (χ1n) is 3.82. The SMILES string of the molecule is O=[N+]([O-])c1cc(Br)c2c(c1)C=CC2. The van der Waals surface area contributed by atoms with Gasteiger partial charge in [0.15, 0.2) is 0 Å². The Hall–Kier alpha value is -1.16. The molecule has 0 heterocycles. The molecule has 0 bridgehead atoms. The van der Waals surface area contributed by atoms with Crippen LogP contribution < -0.4 is 0 Å². The predicted octanol–water partition coefficient (Wildman–Crippen LogP) is 2.93. The molecule has 66 valence electrons. The summed E-state index contributed by atoms with van der Waals surface area (Å²) in [5.41, 5.74) is 2.21. The lowest BCUT2D eigenvalue weighted by molar-refractivity contribution is -0.385. The molecule has 2 rings (SSSR count). The minimum Gasteiger partial charge on any atom is -0.258 e. The van der Waals surface area contributed by atoms with Gasteiger partial charge in [-0.05, 0) is 17.5 Å². The molecule has 0 aliphatic heterocycles. The number of nitrogens with zero attached hydrogens (tertiary/aromatic N) is 1. The van der Waals surface area contributed by atoms with Crippen LogP contribution in [0.1, 0.15) is 11.1 Å². The number of hydrogen-bond donors (Lipinski definition) is 0. The lowest BCUT2D eigenvalue weighted by atomic mass is 10.1. The van der Waals surface area contributed by atoms with Crippen molar-refractivity contribution >= 4 is 27.7 Å². The molecular weight excluding hydrogens is 234 g/mol. The molecule has 0 fully saturated rings. The first kappa shape index (κ1) is 8.44. The van der Waals surface area contributed by atoms with Crippen molar-refractivity contribution in [2.45, 2.75) is 6.42 Å². The van der Waals surface area contributed by atoms with Crippen molar-refractivity contribution in [2.24, 2.45) is 0 Å². The van der Waals surface area contributed by atoms with Crippen LogP contribution in [0, 0.1) is 10.1 Å². The zero-order chi connectivity index (χ0) is 9.42. The first-order valence-corrected chi connectivity index (χ1v) is 4.61. The molecule has 0 aromatic heterocycles. The monoisotopic (exact) mass is 239 g/mol. The topological polar surface area (TPSA) is 43.1 Å². The molecule has 0 N–H and O–H groups in total. The van der Waals surface area contributed by atoms with E-state index in [-0.39, 0.29) is 10.6 Å². The average Bonchev–Trinajstić information content (AvgIpc) is 2.51. The standard InChI is InChI=1S/C9H6BrNO2/c10-9-5-7(11(12)13)4-6-2-1-3-8(6)9/h1-2,4-5H,3H2. The number of fused-ring (bicyclic) bond motifs is 1. The van der Waals surface area contributed by atoms with Crippen LogP contribution in [0.15, 0.2) is 22.7 Å². The summed E-state index contributed by atoms with van der Waals surface area (Å²) in [5, 5.41) is 10.5. The summed E-state index contributed by atoms with van der Waals surface area (Å²) >= 11 is 3.32. The summed E-state index contributed by atoms with van der Waals surface area (Å²) in [6.45, 7) is 0. The Morgan fingerprint density at radius 3 is 2.92 bits per heavy atom. The van der Waals surface area contributed by atoms with E-state index < -0.39 is 0 Å². The molecule has 3 nitrogen and oxygen atoms in total. The molecule has 0 unspecified atom stereocenters. The molecule has 0 atom stereocenters. The van der Waals surface area contributed by atoms with Gasteiger partial charge in [-0.25, -0.2) is 0 Å². The largest absolute Gasteiger partial charge is 0.271 e. The Balaban J connectivity index is 2.60. The predicted molar refractivity (Wildman–Crippen MR) is 53.5 cm³/mol. The normalized spacial score (nSPS) is 13.0. The Bertz CT molecular complexity index is 412. The van der Waals surface area contributed by atoms with E-state index in [4.69, 9.17) is 0 Å². The van der Waals surface area contributed by atoms with E-state index >= 15 is 0 Å². The fraction of sp³-hybridized carbons (Fsp3) is 0.111. The van der Waals surface area contributed by atoms with Gasteiger partial charge < -0.3 is 0 Å². The summed E-state index contributed by atoms with van der Waals surface area (Å²) in [6.07, 6.45) is 4.76. The zero-order valence-corrected chi connectivity index (χ0v) is 8.24. The Morgan fingerprint density at radius 2 is 2.23 bits per heavy atom. The van der Waals surface area contributed by atoms with Gasteiger partial charge >= 0.3 is 0 Å². The van der Waals surface area contributed by atoms with Crippen molar-refractivity contribution in [2.75, 3.05) is 0 Å². The van der Waals surface area contributed by atoms with Crippen LogP contribution in [0.5, 0.6) is 0 Å². The van der Waals surface area contributed by atoms with Crippen LogP contribution in [-0.4, -0.2) is 4.92 Å². The van der Waals surface area contributed by atoms with Gasteiger partial charge in [-0.3, -0.25) is 10.1 Å². The minimum atomic E-state index is -0.378. The number of nitro benzene ring substituents is 1. The minimum absolute atomic E-state index is 0.136. The highest BCUT2D eigenvalue weighted by Crippen LogP contribution is 2.31. The molecule has 13 heavy (non-hydrogen) atoms. The molecule has 1 aromatic rings. The van der Waals surface area contributed by atoms with Gasteiger partial charge in [0, 0.05) is 16.6 Å². The number of allylic oxidation sites excluding steroid dienone is 1. The molecule has 4 heteroatoms. The van der Waals surface area contributed by atoms with Crippen LogP contribution in [0.25, 0.3) is 6.08 Å². The average molecular weight is 240 g/mol. The molecule has 0 spiro atoms. The van der Waals surface area contributed by atoms with Crippen LogP contribution in [0.3, 0.4) is 0 Å². The Kier molecular flexibility index (Phi) is 1.92. The number of benzene rings is 1. The van der Waals surface area contributed by atoms with Crippen LogP contribution >= 0.6 is 15.9 Å². The van der Waals surface area contributed by atoms with E-state index in [0.717, 1.165) is 22.0 Å². The van der Waals surface area contributed by atoms with Gasteiger partial charge in [0.25, 0.3) is 5.69 Å². The maximum absolute atomic E-state index is 10.5. The summed E-state index contributed by atoms with van der Waals surface area (Å²) in [6, 6.07) is 3.15. The molecule has 0 radical (unpaired) electrons. The summed E-state index contributed by atoms with van der Waals surface area (Å²) in [5.74, 6) is 0. The molecule has 1 aromatic carbocycles. The molecule has 0 saturated heterocycles. The van der Waals surface area contributed by atoms with E-state index in [1.807, 2.05) is 12.2 Å². The van der Waals surface area contributed by atoms with Gasteiger partial charge in [-0.1, -0.05) is 28.1 Å². The zero-order valence-electron chi connectivity index (χ0n) is 6.66. The highest BCUT2D eigenvalue weighted by molar-refractivity contribution is 9.10. The van der Waals surface area contributed by atoms with Crippen LogP contribution in [0.4, 0.5) is 5.69 Å².